The Morgan fingerprint density at radius 2 is 2.08 bits per heavy atom. The summed E-state index contributed by atoms with van der Waals surface area (Å²) in [7, 11) is 1.59. The summed E-state index contributed by atoms with van der Waals surface area (Å²) in [5.41, 5.74) is 7.77. The van der Waals surface area contributed by atoms with Gasteiger partial charge in [-0.25, -0.2) is 4.79 Å². The third kappa shape index (κ3) is 3.75. The second-order valence-electron chi connectivity index (χ2n) is 5.73. The highest BCUT2D eigenvalue weighted by Crippen LogP contribution is 2.40. The first-order valence-corrected chi connectivity index (χ1v) is 8.98. The number of esters is 1. The van der Waals surface area contributed by atoms with E-state index < -0.39 is 12.0 Å². The van der Waals surface area contributed by atoms with Gasteiger partial charge in [-0.2, -0.15) is 0 Å². The summed E-state index contributed by atoms with van der Waals surface area (Å²) in [4.78, 5) is 26.2. The topological polar surface area (TPSA) is 81.9 Å². The Bertz CT molecular complexity index is 748. The molecule has 8 heteroatoms. The van der Waals surface area contributed by atoms with E-state index in [1.165, 1.54) is 4.90 Å². The lowest BCUT2D eigenvalue weighted by Gasteiger charge is -2.48. The van der Waals surface area contributed by atoms with Crippen molar-refractivity contribution >= 4 is 36.0 Å². The molecule has 2 N–H and O–H groups in total. The second-order valence-corrected chi connectivity index (χ2v) is 6.84. The number of amides is 1. The Kier molecular flexibility index (Phi) is 6.75. The van der Waals surface area contributed by atoms with E-state index in [-0.39, 0.29) is 30.3 Å². The Morgan fingerprint density at radius 1 is 1.38 bits per heavy atom. The molecule has 0 saturated carbocycles. The maximum atomic E-state index is 12.6. The zero-order chi connectivity index (χ0) is 18.0. The molecule has 6 nitrogen and oxygen atoms in total. The molecule has 1 aromatic carbocycles. The van der Waals surface area contributed by atoms with Crippen molar-refractivity contribution in [3.05, 3.63) is 53.3 Å². The smallest absolute Gasteiger partial charge is 0.355 e. The van der Waals surface area contributed by atoms with Gasteiger partial charge < -0.3 is 15.2 Å². The van der Waals surface area contributed by atoms with Crippen molar-refractivity contribution in [2.45, 2.75) is 24.9 Å². The van der Waals surface area contributed by atoms with Gasteiger partial charge in [0.05, 0.1) is 7.11 Å². The van der Waals surface area contributed by atoms with Gasteiger partial charge in [0, 0.05) is 5.75 Å². The van der Waals surface area contributed by atoms with Gasteiger partial charge in [0.1, 0.15) is 29.5 Å². The molecule has 0 spiro atoms. The van der Waals surface area contributed by atoms with E-state index in [1.54, 1.807) is 31.0 Å². The zero-order valence-electron chi connectivity index (χ0n) is 14.5. The molecule has 0 bridgehead atoms. The number of nitrogens with zero attached hydrogens (tertiary/aromatic N) is 1. The number of nitrogens with two attached hydrogens (primary N) is 1. The monoisotopic (exact) mass is 396 g/mol. The van der Waals surface area contributed by atoms with Crippen molar-refractivity contribution in [1.29, 1.82) is 0 Å². The van der Waals surface area contributed by atoms with E-state index in [0.717, 1.165) is 16.9 Å². The predicted octanol–water partition coefficient (Wildman–Crippen LogP) is 2.23. The van der Waals surface area contributed by atoms with Crippen LogP contribution < -0.4 is 10.5 Å². The number of rotatable bonds is 5. The standard InChI is InChI=1S/C18H20N2O4S.ClH/c1-3-4-12-10-25-17-14(19)16(21)20(17)15(12)18(22)24-9-11-5-7-13(23-2)8-6-11;/h3-8,14,17H,9-10,19H2,1-2H3;1H/t14?,17-;/m0./s1. The second kappa shape index (κ2) is 8.62. The molecule has 2 aliphatic rings. The van der Waals surface area contributed by atoms with Crippen molar-refractivity contribution in [2.24, 2.45) is 5.73 Å². The number of carbonyl (C=O) groups is 2. The fourth-order valence-corrected chi connectivity index (χ4v) is 4.06. The summed E-state index contributed by atoms with van der Waals surface area (Å²) >= 11 is 1.56. The predicted molar refractivity (Wildman–Crippen MR) is 103 cm³/mol. The normalized spacial score (nSPS) is 21.8. The number of halogens is 1. The maximum Gasteiger partial charge on any atom is 0.355 e. The number of thioether (sulfide) groups is 1. The summed E-state index contributed by atoms with van der Waals surface area (Å²) in [6.45, 7) is 2.00. The van der Waals surface area contributed by atoms with E-state index in [1.807, 2.05) is 31.2 Å². The number of methoxy groups -OCH3 is 1. The molecule has 1 amide bonds. The maximum absolute atomic E-state index is 12.6. The molecule has 2 aliphatic heterocycles. The van der Waals surface area contributed by atoms with Crippen LogP contribution in [0.1, 0.15) is 12.5 Å². The lowest BCUT2D eigenvalue weighted by atomic mass is 10.0. The molecule has 0 aromatic heterocycles. The molecule has 2 atom stereocenters. The van der Waals surface area contributed by atoms with Gasteiger partial charge >= 0.3 is 5.97 Å². The van der Waals surface area contributed by atoms with Crippen LogP contribution in [-0.2, 0) is 20.9 Å². The summed E-state index contributed by atoms with van der Waals surface area (Å²) in [6, 6.07) is 6.72. The number of β-lactam (4-membered cyclic amide) rings is 1. The first kappa shape index (κ1) is 20.4. The van der Waals surface area contributed by atoms with Gasteiger partial charge in [0.25, 0.3) is 0 Å². The largest absolute Gasteiger partial charge is 0.497 e. The highest BCUT2D eigenvalue weighted by molar-refractivity contribution is 8.00. The van der Waals surface area contributed by atoms with Gasteiger partial charge in [0.15, 0.2) is 0 Å². The van der Waals surface area contributed by atoms with Crippen molar-refractivity contribution in [3.63, 3.8) is 0 Å². The zero-order valence-corrected chi connectivity index (χ0v) is 16.1. The summed E-state index contributed by atoms with van der Waals surface area (Å²) in [5.74, 6) is 0.616. The SMILES string of the molecule is CC=CC1=C(C(=O)OCc2ccc(OC)cc2)N2C(=O)C(N)[C@@H]2SC1.Cl. The lowest BCUT2D eigenvalue weighted by Crippen LogP contribution is -2.68. The van der Waals surface area contributed by atoms with E-state index >= 15 is 0 Å². The quantitative estimate of drug-likeness (QED) is 0.607. The minimum Gasteiger partial charge on any atom is -0.497 e. The number of benzene rings is 1. The van der Waals surface area contributed by atoms with Gasteiger partial charge in [-0.1, -0.05) is 24.3 Å². The van der Waals surface area contributed by atoms with E-state index in [9.17, 15) is 9.59 Å². The van der Waals surface area contributed by atoms with E-state index in [0.29, 0.717) is 11.4 Å². The molecule has 1 fully saturated rings. The van der Waals surface area contributed by atoms with Gasteiger partial charge in [-0.15, -0.1) is 24.2 Å². The molecular formula is C18H21ClN2O4S. The van der Waals surface area contributed by atoms with Crippen LogP contribution in [0.3, 0.4) is 0 Å². The minimum absolute atomic E-state index is 0. The van der Waals surface area contributed by atoms with Crippen molar-refractivity contribution in [2.75, 3.05) is 12.9 Å². The van der Waals surface area contributed by atoms with Crippen molar-refractivity contribution in [3.8, 4) is 5.75 Å². The van der Waals surface area contributed by atoms with Crippen LogP contribution in [0, 0.1) is 0 Å². The first-order chi connectivity index (χ1) is 12.1. The Balaban J connectivity index is 0.00000243. The molecule has 1 saturated heterocycles. The minimum atomic E-state index is -0.554. The molecular weight excluding hydrogens is 376 g/mol. The van der Waals surface area contributed by atoms with Gasteiger partial charge in [-0.05, 0) is 30.2 Å². The highest BCUT2D eigenvalue weighted by Gasteiger charge is 2.51. The van der Waals surface area contributed by atoms with Crippen LogP contribution in [0.4, 0.5) is 0 Å². The third-order valence-electron chi connectivity index (χ3n) is 4.13. The average Bonchev–Trinajstić information content (AvgIpc) is 2.65. The fourth-order valence-electron chi connectivity index (χ4n) is 2.80. The van der Waals surface area contributed by atoms with Gasteiger partial charge in [-0.3, -0.25) is 9.69 Å². The molecule has 1 unspecified atom stereocenters. The van der Waals surface area contributed by atoms with E-state index in [2.05, 4.69) is 0 Å². The number of hydrogen-bond acceptors (Lipinski definition) is 6. The molecule has 0 aliphatic carbocycles. The molecule has 140 valence electrons. The molecule has 2 heterocycles. The third-order valence-corrected chi connectivity index (χ3v) is 5.45. The summed E-state index contributed by atoms with van der Waals surface area (Å²) < 4.78 is 10.5. The van der Waals surface area contributed by atoms with Crippen LogP contribution in [0.15, 0.2) is 47.7 Å². The number of carbonyl (C=O) groups excluding carboxylic acids is 2. The molecule has 1 aromatic rings. The fraction of sp³-hybridized carbons (Fsp3) is 0.333. The number of ether oxygens (including phenoxy) is 2. The summed E-state index contributed by atoms with van der Waals surface area (Å²) in [6.07, 6.45) is 3.68. The molecule has 3 rings (SSSR count). The average molecular weight is 397 g/mol. The Morgan fingerprint density at radius 3 is 2.69 bits per heavy atom. The van der Waals surface area contributed by atoms with Crippen LogP contribution in [-0.4, -0.2) is 41.1 Å². The number of hydrogen-bond donors (Lipinski definition) is 1. The molecule has 0 radical (unpaired) electrons. The highest BCUT2D eigenvalue weighted by atomic mass is 35.5. The van der Waals surface area contributed by atoms with Crippen LogP contribution in [0.5, 0.6) is 5.75 Å². The lowest BCUT2D eigenvalue weighted by molar-refractivity contribution is -0.151. The first-order valence-electron chi connectivity index (χ1n) is 7.93. The van der Waals surface area contributed by atoms with Crippen LogP contribution >= 0.6 is 24.2 Å². The number of fused-ring (bicyclic) bond motifs is 1. The van der Waals surface area contributed by atoms with E-state index in [4.69, 9.17) is 15.2 Å². The van der Waals surface area contributed by atoms with Crippen molar-refractivity contribution < 1.29 is 19.1 Å². The molecule has 26 heavy (non-hydrogen) atoms. The van der Waals surface area contributed by atoms with Crippen LogP contribution in [0.2, 0.25) is 0 Å². The van der Waals surface area contributed by atoms with Gasteiger partial charge in [0.2, 0.25) is 5.91 Å². The van der Waals surface area contributed by atoms with Crippen LogP contribution in [0.25, 0.3) is 0 Å². The Labute approximate surface area is 162 Å². The van der Waals surface area contributed by atoms with Crippen molar-refractivity contribution in [1.82, 2.24) is 4.90 Å². The Hall–Kier alpha value is -1.96. The summed E-state index contributed by atoms with van der Waals surface area (Å²) in [5, 5.41) is -0.190. The number of allylic oxidation sites excluding steroid dienone is 2.